The van der Waals surface area contributed by atoms with Gasteiger partial charge in [0.05, 0.1) is 25.7 Å². The maximum atomic E-state index is 5.39. The van der Waals surface area contributed by atoms with Crippen LogP contribution < -0.4 is 5.32 Å². The first-order valence-electron chi connectivity index (χ1n) is 6.49. The molecule has 0 radical (unpaired) electrons. The van der Waals surface area contributed by atoms with Gasteiger partial charge in [-0.1, -0.05) is 5.16 Å². The second-order valence-electron chi connectivity index (χ2n) is 4.44. The number of rotatable bonds is 8. The molecule has 108 valence electrons. The van der Waals surface area contributed by atoms with Crippen LogP contribution in [0.3, 0.4) is 0 Å². The maximum Gasteiger partial charge on any atom is 0.232 e. The summed E-state index contributed by atoms with van der Waals surface area (Å²) in [4.78, 5) is 4.47. The van der Waals surface area contributed by atoms with Gasteiger partial charge in [0.15, 0.2) is 5.82 Å². The Morgan fingerprint density at radius 2 is 2.26 bits per heavy atom. The van der Waals surface area contributed by atoms with E-state index in [2.05, 4.69) is 15.5 Å². The van der Waals surface area contributed by atoms with E-state index in [-0.39, 0.29) is 0 Å². The second kappa shape index (κ2) is 7.84. The van der Waals surface area contributed by atoms with Gasteiger partial charge in [-0.3, -0.25) is 0 Å². The van der Waals surface area contributed by atoms with Crippen LogP contribution in [0.15, 0.2) is 4.52 Å². The number of hydrogen-bond donors (Lipinski definition) is 1. The minimum absolute atomic E-state index is 0.325. The molecule has 1 fully saturated rings. The number of likely N-dealkylation sites (N-methyl/N-ethyl adjacent to an activating group) is 1. The molecule has 1 aromatic rings. The van der Waals surface area contributed by atoms with Gasteiger partial charge in [-0.05, 0) is 7.05 Å². The third-order valence-corrected chi connectivity index (χ3v) is 4.34. The van der Waals surface area contributed by atoms with Gasteiger partial charge in [-0.25, -0.2) is 0 Å². The quantitative estimate of drug-likeness (QED) is 0.706. The molecule has 0 bridgehead atoms. The molecule has 0 aromatic carbocycles. The van der Waals surface area contributed by atoms with Crippen molar-refractivity contribution in [3.05, 3.63) is 11.7 Å². The van der Waals surface area contributed by atoms with Crippen LogP contribution in [0, 0.1) is 0 Å². The molecule has 0 amide bonds. The largest absolute Gasteiger partial charge is 0.382 e. The Morgan fingerprint density at radius 1 is 1.37 bits per heavy atom. The molecule has 1 N–H and O–H groups in total. The minimum Gasteiger partial charge on any atom is -0.382 e. The van der Waals surface area contributed by atoms with Crippen LogP contribution in [0.2, 0.25) is 0 Å². The predicted molar refractivity (Wildman–Crippen MR) is 73.6 cm³/mol. The third-order valence-electron chi connectivity index (χ3n) is 3.15. The molecular formula is C12H21N3O3S. The zero-order valence-electron chi connectivity index (χ0n) is 11.4. The molecule has 2 heterocycles. The van der Waals surface area contributed by atoms with E-state index in [4.69, 9.17) is 14.0 Å². The fourth-order valence-corrected chi connectivity index (χ4v) is 3.43. The first kappa shape index (κ1) is 14.8. The van der Waals surface area contributed by atoms with Gasteiger partial charge < -0.3 is 19.3 Å². The smallest absolute Gasteiger partial charge is 0.232 e. The van der Waals surface area contributed by atoms with Crippen LogP contribution in [0.5, 0.6) is 0 Å². The molecule has 0 saturated carbocycles. The van der Waals surface area contributed by atoms with Gasteiger partial charge in [-0.15, -0.1) is 0 Å². The summed E-state index contributed by atoms with van der Waals surface area (Å²) in [5, 5.41) is 7.31. The van der Waals surface area contributed by atoms with Crippen LogP contribution in [0.1, 0.15) is 17.6 Å². The number of hydrogen-bond acceptors (Lipinski definition) is 7. The van der Waals surface area contributed by atoms with Crippen LogP contribution >= 0.6 is 11.8 Å². The highest BCUT2D eigenvalue weighted by atomic mass is 32.2. The summed E-state index contributed by atoms with van der Waals surface area (Å²) < 4.78 is 15.7. The van der Waals surface area contributed by atoms with E-state index >= 15 is 0 Å². The first-order valence-corrected chi connectivity index (χ1v) is 7.64. The van der Waals surface area contributed by atoms with Crippen molar-refractivity contribution < 1.29 is 14.0 Å². The zero-order chi connectivity index (χ0) is 13.5. The standard InChI is InChI=1S/C12H21N3O3S/c1-13-10-8-19-7-9(10)12-14-11(15-18-12)3-4-17-6-5-16-2/h9-10,13H,3-8H2,1-2H3. The van der Waals surface area contributed by atoms with Crippen molar-refractivity contribution in [3.63, 3.8) is 0 Å². The van der Waals surface area contributed by atoms with Crippen molar-refractivity contribution in [1.82, 2.24) is 15.5 Å². The summed E-state index contributed by atoms with van der Waals surface area (Å²) in [6, 6.07) is 0.427. The van der Waals surface area contributed by atoms with Crippen LogP contribution in [-0.4, -0.2) is 61.7 Å². The highest BCUT2D eigenvalue weighted by Gasteiger charge is 2.32. The minimum atomic E-state index is 0.325. The van der Waals surface area contributed by atoms with Gasteiger partial charge in [0, 0.05) is 31.1 Å². The number of ether oxygens (including phenoxy) is 2. The summed E-state index contributed by atoms with van der Waals surface area (Å²) in [5.74, 6) is 3.93. The molecule has 1 saturated heterocycles. The fourth-order valence-electron chi connectivity index (χ4n) is 2.01. The summed E-state index contributed by atoms with van der Waals surface area (Å²) >= 11 is 1.92. The molecule has 0 aliphatic carbocycles. The Balaban J connectivity index is 1.78. The number of nitrogens with one attached hydrogen (secondary N) is 1. The van der Waals surface area contributed by atoms with Crippen molar-refractivity contribution in [2.24, 2.45) is 0 Å². The highest BCUT2D eigenvalue weighted by Crippen LogP contribution is 2.31. The topological polar surface area (TPSA) is 69.4 Å². The van der Waals surface area contributed by atoms with E-state index in [0.29, 0.717) is 38.2 Å². The number of thioether (sulfide) groups is 1. The van der Waals surface area contributed by atoms with Gasteiger partial charge >= 0.3 is 0 Å². The van der Waals surface area contributed by atoms with Crippen molar-refractivity contribution in [2.45, 2.75) is 18.4 Å². The SMILES string of the molecule is CNC1CSCC1c1nc(CCOCCOC)no1. The molecule has 1 aromatic heterocycles. The van der Waals surface area contributed by atoms with Crippen molar-refractivity contribution >= 4 is 11.8 Å². The lowest BCUT2D eigenvalue weighted by molar-refractivity contribution is 0.0714. The summed E-state index contributed by atoms with van der Waals surface area (Å²) in [6.07, 6.45) is 0.678. The molecule has 6 nitrogen and oxygen atoms in total. The lowest BCUT2D eigenvalue weighted by Gasteiger charge is -2.13. The predicted octanol–water partition coefficient (Wildman–Crippen LogP) is 0.693. The van der Waals surface area contributed by atoms with Gasteiger partial charge in [0.2, 0.25) is 5.89 Å². The summed E-state index contributed by atoms with van der Waals surface area (Å²) in [6.45, 7) is 1.81. The van der Waals surface area contributed by atoms with E-state index in [0.717, 1.165) is 23.2 Å². The van der Waals surface area contributed by atoms with E-state index in [9.17, 15) is 0 Å². The molecule has 2 rings (SSSR count). The lowest BCUT2D eigenvalue weighted by Crippen LogP contribution is -2.31. The Bertz CT molecular complexity index is 375. The van der Waals surface area contributed by atoms with E-state index in [1.807, 2.05) is 18.8 Å². The first-order chi connectivity index (χ1) is 9.35. The molecule has 0 spiro atoms. The van der Waals surface area contributed by atoms with Gasteiger partial charge in [0.1, 0.15) is 0 Å². The van der Waals surface area contributed by atoms with Crippen LogP contribution in [0.25, 0.3) is 0 Å². The Hall–Kier alpha value is -0.630. The fraction of sp³-hybridized carbons (Fsp3) is 0.833. The van der Waals surface area contributed by atoms with Crippen molar-refractivity contribution in [2.75, 3.05) is 45.5 Å². The average molecular weight is 287 g/mol. The monoisotopic (exact) mass is 287 g/mol. The Kier molecular flexibility index (Phi) is 6.09. The molecule has 2 unspecified atom stereocenters. The van der Waals surface area contributed by atoms with Gasteiger partial charge in [-0.2, -0.15) is 16.7 Å². The Labute approximate surface area is 117 Å². The van der Waals surface area contributed by atoms with Gasteiger partial charge in [0.25, 0.3) is 0 Å². The average Bonchev–Trinajstić information content (AvgIpc) is 3.06. The third kappa shape index (κ3) is 4.17. The molecule has 1 aliphatic rings. The van der Waals surface area contributed by atoms with Crippen LogP contribution in [-0.2, 0) is 15.9 Å². The number of aromatic nitrogens is 2. The molecule has 2 atom stereocenters. The molecule has 1 aliphatic heterocycles. The zero-order valence-corrected chi connectivity index (χ0v) is 12.2. The van der Waals surface area contributed by atoms with Crippen molar-refractivity contribution in [3.8, 4) is 0 Å². The van der Waals surface area contributed by atoms with Crippen LogP contribution in [0.4, 0.5) is 0 Å². The summed E-state index contributed by atoms with van der Waals surface area (Å²) in [5.41, 5.74) is 0. The number of methoxy groups -OCH3 is 1. The van der Waals surface area contributed by atoms with Crippen molar-refractivity contribution in [1.29, 1.82) is 0 Å². The molecule has 19 heavy (non-hydrogen) atoms. The normalized spacial score (nSPS) is 23.1. The second-order valence-corrected chi connectivity index (χ2v) is 5.52. The number of nitrogens with zero attached hydrogens (tertiary/aromatic N) is 2. The summed E-state index contributed by atoms with van der Waals surface area (Å²) in [7, 11) is 3.64. The molecule has 7 heteroatoms. The lowest BCUT2D eigenvalue weighted by atomic mass is 10.0. The maximum absolute atomic E-state index is 5.39. The molecular weight excluding hydrogens is 266 g/mol. The van der Waals surface area contributed by atoms with E-state index in [1.165, 1.54) is 0 Å². The highest BCUT2D eigenvalue weighted by molar-refractivity contribution is 7.99. The van der Waals surface area contributed by atoms with E-state index in [1.54, 1.807) is 7.11 Å². The Morgan fingerprint density at radius 3 is 3.05 bits per heavy atom. The van der Waals surface area contributed by atoms with E-state index < -0.39 is 0 Å².